The van der Waals surface area contributed by atoms with Crippen LogP contribution in [-0.2, 0) is 17.8 Å². The van der Waals surface area contributed by atoms with Crippen molar-refractivity contribution in [3.8, 4) is 0 Å². The van der Waals surface area contributed by atoms with Gasteiger partial charge in [-0.1, -0.05) is 0 Å². The topological polar surface area (TPSA) is 64.1 Å². The summed E-state index contributed by atoms with van der Waals surface area (Å²) in [6.45, 7) is 3.34. The summed E-state index contributed by atoms with van der Waals surface area (Å²) >= 11 is 1.64. The van der Waals surface area contributed by atoms with Crippen LogP contribution in [0.15, 0.2) is 23.7 Å². The minimum atomic E-state index is -0.370. The van der Waals surface area contributed by atoms with E-state index in [4.69, 9.17) is 0 Å². The largest absolute Gasteiger partial charge is 0.465 e. The van der Waals surface area contributed by atoms with E-state index in [0.717, 1.165) is 22.9 Å². The van der Waals surface area contributed by atoms with Crippen molar-refractivity contribution in [3.05, 3.63) is 45.7 Å². The van der Waals surface area contributed by atoms with Crippen LogP contribution in [0.5, 0.6) is 0 Å². The van der Waals surface area contributed by atoms with Gasteiger partial charge in [-0.25, -0.2) is 9.78 Å². The van der Waals surface area contributed by atoms with Crippen molar-refractivity contribution in [3.63, 3.8) is 0 Å². The number of esters is 1. The maximum absolute atomic E-state index is 11.2. The van der Waals surface area contributed by atoms with Crippen LogP contribution < -0.4 is 5.32 Å². The molecular weight excluding hydrogens is 262 g/mol. The van der Waals surface area contributed by atoms with E-state index in [2.05, 4.69) is 20.0 Å². The normalized spacial score (nSPS) is 10.4. The number of aromatic nitrogens is 2. The van der Waals surface area contributed by atoms with Gasteiger partial charge in [0.15, 0.2) is 0 Å². The van der Waals surface area contributed by atoms with E-state index in [0.29, 0.717) is 12.1 Å². The summed E-state index contributed by atoms with van der Waals surface area (Å²) in [5, 5.41) is 6.35. The molecule has 0 fully saturated rings. The lowest BCUT2D eigenvalue weighted by Crippen LogP contribution is -2.14. The van der Waals surface area contributed by atoms with Crippen molar-refractivity contribution < 1.29 is 9.53 Å². The number of carbonyl (C=O) groups is 1. The zero-order valence-corrected chi connectivity index (χ0v) is 11.7. The first-order valence-corrected chi connectivity index (χ1v) is 6.72. The molecule has 0 aliphatic carbocycles. The van der Waals surface area contributed by atoms with Gasteiger partial charge in [0.25, 0.3) is 0 Å². The second kappa shape index (κ2) is 6.40. The molecule has 0 aliphatic rings. The number of thiazole rings is 1. The number of rotatable bonds is 5. The number of pyridine rings is 1. The van der Waals surface area contributed by atoms with E-state index in [9.17, 15) is 4.79 Å². The third kappa shape index (κ3) is 3.84. The molecule has 0 bridgehead atoms. The van der Waals surface area contributed by atoms with Gasteiger partial charge >= 0.3 is 5.97 Å². The number of hydrogen-bond donors (Lipinski definition) is 1. The van der Waals surface area contributed by atoms with E-state index in [1.165, 1.54) is 13.3 Å². The van der Waals surface area contributed by atoms with E-state index in [1.54, 1.807) is 17.4 Å². The zero-order chi connectivity index (χ0) is 13.7. The highest BCUT2D eigenvalue weighted by Crippen LogP contribution is 2.08. The van der Waals surface area contributed by atoms with Gasteiger partial charge in [0, 0.05) is 30.4 Å². The molecule has 0 spiro atoms. The second-order valence-corrected chi connectivity index (χ2v) is 4.96. The quantitative estimate of drug-likeness (QED) is 0.846. The molecule has 0 aliphatic heterocycles. The molecule has 0 unspecified atom stereocenters. The third-order valence-electron chi connectivity index (χ3n) is 2.49. The molecule has 2 aromatic rings. The Hall–Kier alpha value is -1.79. The molecular formula is C13H15N3O2S. The minimum absolute atomic E-state index is 0.370. The fraction of sp³-hybridized carbons (Fsp3) is 0.308. The van der Waals surface area contributed by atoms with Crippen molar-refractivity contribution in [2.24, 2.45) is 0 Å². The molecule has 0 atom stereocenters. The van der Waals surface area contributed by atoms with E-state index >= 15 is 0 Å². The highest BCUT2D eigenvalue weighted by Gasteiger charge is 2.05. The van der Waals surface area contributed by atoms with Crippen molar-refractivity contribution >= 4 is 17.3 Å². The summed E-state index contributed by atoms with van der Waals surface area (Å²) < 4.78 is 4.62. The molecule has 100 valence electrons. The molecule has 1 N–H and O–H groups in total. The Balaban J connectivity index is 1.84. The number of nitrogens with zero attached hydrogens (tertiary/aromatic N) is 2. The van der Waals surface area contributed by atoms with Gasteiger partial charge in [-0.15, -0.1) is 11.3 Å². The van der Waals surface area contributed by atoms with Crippen molar-refractivity contribution in [1.82, 2.24) is 15.3 Å². The van der Waals surface area contributed by atoms with Crippen LogP contribution in [0, 0.1) is 6.92 Å². The summed E-state index contributed by atoms with van der Waals surface area (Å²) in [5.74, 6) is -0.370. The van der Waals surface area contributed by atoms with Gasteiger partial charge in [-0.05, 0) is 19.1 Å². The molecule has 2 heterocycles. The van der Waals surface area contributed by atoms with Crippen LogP contribution in [0.1, 0.15) is 26.8 Å². The van der Waals surface area contributed by atoms with Gasteiger partial charge in [0.1, 0.15) is 5.01 Å². The zero-order valence-electron chi connectivity index (χ0n) is 10.8. The van der Waals surface area contributed by atoms with Crippen LogP contribution in [0.2, 0.25) is 0 Å². The Bertz CT molecular complexity index is 551. The number of carbonyl (C=O) groups excluding carboxylic acids is 1. The van der Waals surface area contributed by atoms with Gasteiger partial charge in [-0.2, -0.15) is 0 Å². The Kier molecular flexibility index (Phi) is 4.59. The second-order valence-electron chi connectivity index (χ2n) is 4.02. The lowest BCUT2D eigenvalue weighted by molar-refractivity contribution is 0.0600. The molecule has 2 rings (SSSR count). The Morgan fingerprint density at radius 3 is 2.84 bits per heavy atom. The van der Waals surface area contributed by atoms with Crippen LogP contribution in [0.4, 0.5) is 0 Å². The Labute approximate surface area is 115 Å². The van der Waals surface area contributed by atoms with Crippen LogP contribution >= 0.6 is 11.3 Å². The van der Waals surface area contributed by atoms with Crippen LogP contribution in [0.25, 0.3) is 0 Å². The highest BCUT2D eigenvalue weighted by atomic mass is 32.1. The summed E-state index contributed by atoms with van der Waals surface area (Å²) in [6, 6.07) is 3.52. The maximum Gasteiger partial charge on any atom is 0.339 e. The Morgan fingerprint density at radius 2 is 2.26 bits per heavy atom. The minimum Gasteiger partial charge on any atom is -0.465 e. The smallest absolute Gasteiger partial charge is 0.339 e. The molecule has 0 amide bonds. The molecule has 6 heteroatoms. The van der Waals surface area contributed by atoms with Gasteiger partial charge in [-0.3, -0.25) is 4.98 Å². The Morgan fingerprint density at radius 1 is 1.42 bits per heavy atom. The predicted molar refractivity (Wildman–Crippen MR) is 73.0 cm³/mol. The molecule has 0 aromatic carbocycles. The van der Waals surface area contributed by atoms with Crippen LogP contribution in [-0.4, -0.2) is 23.0 Å². The molecule has 0 saturated heterocycles. The standard InChI is InChI=1S/C13H15N3O2S/c1-9-8-19-12(16-9)7-14-6-11-4-3-10(5-15-11)13(17)18-2/h3-5,8,14H,6-7H2,1-2H3. The predicted octanol–water partition coefficient (Wildman–Crippen LogP) is 1.92. The number of hydrogen-bond acceptors (Lipinski definition) is 6. The van der Waals surface area contributed by atoms with Crippen molar-refractivity contribution in [2.45, 2.75) is 20.0 Å². The number of nitrogens with one attached hydrogen (secondary N) is 1. The van der Waals surface area contributed by atoms with Gasteiger partial charge < -0.3 is 10.1 Å². The number of methoxy groups -OCH3 is 1. The highest BCUT2D eigenvalue weighted by molar-refractivity contribution is 7.09. The molecule has 0 saturated carbocycles. The SMILES string of the molecule is COC(=O)c1ccc(CNCc2nc(C)cs2)nc1. The first-order valence-electron chi connectivity index (χ1n) is 5.84. The average Bonchev–Trinajstić information content (AvgIpc) is 2.84. The third-order valence-corrected chi connectivity index (χ3v) is 3.46. The molecule has 19 heavy (non-hydrogen) atoms. The summed E-state index contributed by atoms with van der Waals surface area (Å²) in [6.07, 6.45) is 1.52. The first kappa shape index (κ1) is 13.6. The molecule has 5 nitrogen and oxygen atoms in total. The van der Waals surface area contributed by atoms with E-state index in [-0.39, 0.29) is 5.97 Å². The average molecular weight is 277 g/mol. The van der Waals surface area contributed by atoms with Crippen molar-refractivity contribution in [1.29, 1.82) is 0 Å². The van der Waals surface area contributed by atoms with Gasteiger partial charge in [0.2, 0.25) is 0 Å². The van der Waals surface area contributed by atoms with E-state index < -0.39 is 0 Å². The summed E-state index contributed by atoms with van der Waals surface area (Å²) in [5.41, 5.74) is 2.38. The van der Waals surface area contributed by atoms with Crippen LogP contribution in [0.3, 0.4) is 0 Å². The molecule has 0 radical (unpaired) electrons. The monoisotopic (exact) mass is 277 g/mol. The maximum atomic E-state index is 11.2. The van der Waals surface area contributed by atoms with Gasteiger partial charge in [0.05, 0.1) is 18.4 Å². The first-order chi connectivity index (χ1) is 9.19. The lowest BCUT2D eigenvalue weighted by Gasteiger charge is -2.03. The molecule has 2 aromatic heterocycles. The van der Waals surface area contributed by atoms with E-state index in [1.807, 2.05) is 18.4 Å². The lowest BCUT2D eigenvalue weighted by atomic mass is 10.2. The fourth-order valence-electron chi connectivity index (χ4n) is 1.55. The van der Waals surface area contributed by atoms with Crippen molar-refractivity contribution in [2.75, 3.05) is 7.11 Å². The summed E-state index contributed by atoms with van der Waals surface area (Å²) in [4.78, 5) is 19.8. The number of aryl methyl sites for hydroxylation is 1. The fourth-order valence-corrected chi connectivity index (χ4v) is 2.29. The summed E-state index contributed by atoms with van der Waals surface area (Å²) in [7, 11) is 1.35. The number of ether oxygens (including phenoxy) is 1.